The fourth-order valence-corrected chi connectivity index (χ4v) is 5.46. The number of anilines is 1. The van der Waals surface area contributed by atoms with Crippen LogP contribution in [0.2, 0.25) is 0 Å². The minimum Gasteiger partial charge on any atom is -0.350 e. The number of nitrogens with zero attached hydrogens (tertiary/aromatic N) is 2. The van der Waals surface area contributed by atoms with Crippen molar-refractivity contribution in [1.82, 2.24) is 10.2 Å². The van der Waals surface area contributed by atoms with Crippen molar-refractivity contribution in [3.63, 3.8) is 0 Å². The summed E-state index contributed by atoms with van der Waals surface area (Å²) in [5, 5.41) is 2.82. The summed E-state index contributed by atoms with van der Waals surface area (Å²) in [4.78, 5) is 28.0. The second-order valence-electron chi connectivity index (χ2n) is 10.8. The average molecular weight is 590 g/mol. The SMILES string of the molecule is Cc1ccc(CN(C(=O)CN(c2cccc(C(F)(F)F)c2)S(=O)(=O)c2ccccc2)C(C)C(=O)NC(C)(C)C)cc1. The summed E-state index contributed by atoms with van der Waals surface area (Å²) in [7, 11) is -4.48. The first-order chi connectivity index (χ1) is 19.0. The van der Waals surface area contributed by atoms with Crippen LogP contribution < -0.4 is 9.62 Å². The molecule has 0 aliphatic carbocycles. The highest BCUT2D eigenvalue weighted by Crippen LogP contribution is 2.33. The van der Waals surface area contributed by atoms with Gasteiger partial charge in [0.1, 0.15) is 12.6 Å². The van der Waals surface area contributed by atoms with Gasteiger partial charge < -0.3 is 10.2 Å². The highest BCUT2D eigenvalue weighted by atomic mass is 32.2. The van der Waals surface area contributed by atoms with Crippen molar-refractivity contribution in [2.24, 2.45) is 0 Å². The number of aryl methyl sites for hydroxylation is 1. The summed E-state index contributed by atoms with van der Waals surface area (Å²) in [5.74, 6) is -1.23. The van der Waals surface area contributed by atoms with E-state index in [1.54, 1.807) is 39.0 Å². The number of alkyl halides is 3. The van der Waals surface area contributed by atoms with Crippen LogP contribution in [0.15, 0.2) is 83.8 Å². The first-order valence-corrected chi connectivity index (χ1v) is 14.3. The van der Waals surface area contributed by atoms with Gasteiger partial charge in [-0.1, -0.05) is 54.1 Å². The molecule has 2 amide bonds. The number of hydrogen-bond acceptors (Lipinski definition) is 4. The quantitative estimate of drug-likeness (QED) is 0.355. The lowest BCUT2D eigenvalue weighted by molar-refractivity contribution is -0.140. The molecule has 0 aliphatic heterocycles. The van der Waals surface area contributed by atoms with Crippen molar-refractivity contribution < 1.29 is 31.2 Å². The highest BCUT2D eigenvalue weighted by molar-refractivity contribution is 7.92. The van der Waals surface area contributed by atoms with Gasteiger partial charge in [0, 0.05) is 12.1 Å². The second-order valence-corrected chi connectivity index (χ2v) is 12.7. The molecule has 3 rings (SSSR count). The predicted molar refractivity (Wildman–Crippen MR) is 152 cm³/mol. The van der Waals surface area contributed by atoms with Gasteiger partial charge in [0.05, 0.1) is 16.1 Å². The second kappa shape index (κ2) is 12.3. The molecule has 0 spiro atoms. The molecule has 1 N–H and O–H groups in total. The van der Waals surface area contributed by atoms with Gasteiger partial charge in [-0.15, -0.1) is 0 Å². The van der Waals surface area contributed by atoms with E-state index in [4.69, 9.17) is 0 Å². The van der Waals surface area contributed by atoms with Gasteiger partial charge in [0.15, 0.2) is 0 Å². The number of halogens is 3. The molecule has 220 valence electrons. The first kappa shape index (κ1) is 31.7. The van der Waals surface area contributed by atoms with Crippen molar-refractivity contribution in [3.05, 3.63) is 95.6 Å². The zero-order valence-electron chi connectivity index (χ0n) is 23.6. The molecule has 41 heavy (non-hydrogen) atoms. The van der Waals surface area contributed by atoms with Gasteiger partial charge in [-0.3, -0.25) is 13.9 Å². The smallest absolute Gasteiger partial charge is 0.350 e. The van der Waals surface area contributed by atoms with E-state index in [-0.39, 0.29) is 17.1 Å². The normalized spacial score (nSPS) is 12.9. The van der Waals surface area contributed by atoms with Crippen LogP contribution in [0.5, 0.6) is 0 Å². The van der Waals surface area contributed by atoms with Gasteiger partial charge >= 0.3 is 6.18 Å². The maximum Gasteiger partial charge on any atom is 0.416 e. The van der Waals surface area contributed by atoms with E-state index in [0.29, 0.717) is 15.9 Å². The number of nitrogens with one attached hydrogen (secondary N) is 1. The van der Waals surface area contributed by atoms with Crippen LogP contribution >= 0.6 is 0 Å². The van der Waals surface area contributed by atoms with E-state index >= 15 is 0 Å². The largest absolute Gasteiger partial charge is 0.416 e. The minimum atomic E-state index is -4.74. The summed E-state index contributed by atoms with van der Waals surface area (Å²) in [6.45, 7) is 7.90. The molecule has 1 unspecified atom stereocenters. The molecule has 0 heterocycles. The van der Waals surface area contributed by atoms with E-state index in [1.165, 1.54) is 42.2 Å². The third-order valence-corrected chi connectivity index (χ3v) is 8.00. The van der Waals surface area contributed by atoms with Crippen LogP contribution in [0.4, 0.5) is 18.9 Å². The predicted octanol–water partition coefficient (Wildman–Crippen LogP) is 5.54. The Labute approximate surface area is 239 Å². The molecule has 0 fully saturated rings. The zero-order valence-corrected chi connectivity index (χ0v) is 24.4. The molecule has 0 bridgehead atoms. The first-order valence-electron chi connectivity index (χ1n) is 12.9. The number of hydrogen-bond donors (Lipinski definition) is 1. The monoisotopic (exact) mass is 589 g/mol. The molecule has 1 atom stereocenters. The minimum absolute atomic E-state index is 0.0281. The van der Waals surface area contributed by atoms with E-state index < -0.39 is 51.7 Å². The van der Waals surface area contributed by atoms with Gasteiger partial charge in [-0.2, -0.15) is 13.2 Å². The Balaban J connectivity index is 2.08. The number of carbonyl (C=O) groups is 2. The Bertz CT molecular complexity index is 1470. The van der Waals surface area contributed by atoms with Crippen LogP contribution in [0.1, 0.15) is 44.4 Å². The van der Waals surface area contributed by atoms with Crippen molar-refractivity contribution in [1.29, 1.82) is 0 Å². The van der Waals surface area contributed by atoms with Gasteiger partial charge in [-0.05, 0) is 70.5 Å². The zero-order chi connectivity index (χ0) is 30.6. The van der Waals surface area contributed by atoms with Crippen LogP contribution in [0.25, 0.3) is 0 Å². The molecule has 3 aromatic rings. The van der Waals surface area contributed by atoms with Crippen molar-refractivity contribution in [3.8, 4) is 0 Å². The van der Waals surface area contributed by atoms with E-state index in [0.717, 1.165) is 17.7 Å². The van der Waals surface area contributed by atoms with Crippen molar-refractivity contribution >= 4 is 27.5 Å². The van der Waals surface area contributed by atoms with Crippen LogP contribution in [-0.2, 0) is 32.3 Å². The van der Waals surface area contributed by atoms with E-state index in [2.05, 4.69) is 5.32 Å². The number of amides is 2. The lowest BCUT2D eigenvalue weighted by atomic mass is 10.1. The lowest BCUT2D eigenvalue weighted by Crippen LogP contribution is -2.54. The van der Waals surface area contributed by atoms with Crippen LogP contribution in [0.3, 0.4) is 0 Å². The van der Waals surface area contributed by atoms with E-state index in [1.807, 2.05) is 19.1 Å². The van der Waals surface area contributed by atoms with Crippen LogP contribution in [0, 0.1) is 6.92 Å². The third kappa shape index (κ3) is 8.32. The fourth-order valence-electron chi connectivity index (χ4n) is 4.03. The summed E-state index contributed by atoms with van der Waals surface area (Å²) in [6.07, 6.45) is -4.74. The summed E-state index contributed by atoms with van der Waals surface area (Å²) >= 11 is 0. The van der Waals surface area contributed by atoms with Gasteiger partial charge in [-0.25, -0.2) is 8.42 Å². The summed E-state index contributed by atoms with van der Waals surface area (Å²) in [5.41, 5.74) is -0.333. The average Bonchev–Trinajstić information content (AvgIpc) is 2.90. The highest BCUT2D eigenvalue weighted by Gasteiger charge is 2.35. The Morgan fingerprint density at radius 2 is 1.51 bits per heavy atom. The van der Waals surface area contributed by atoms with Crippen LogP contribution in [-0.4, -0.2) is 43.3 Å². The molecule has 11 heteroatoms. The summed E-state index contributed by atoms with van der Waals surface area (Å²) in [6, 6.07) is 17.2. The molecule has 0 aromatic heterocycles. The molecule has 0 radical (unpaired) electrons. The number of rotatable bonds is 9. The number of sulfonamides is 1. The van der Waals surface area contributed by atoms with E-state index in [9.17, 15) is 31.2 Å². The topological polar surface area (TPSA) is 86.8 Å². The molecular weight excluding hydrogens is 555 g/mol. The molecule has 0 saturated heterocycles. The Hall–Kier alpha value is -3.86. The standard InChI is InChI=1S/C30H34F3N3O4S/c1-21-14-16-23(17-15-21)19-35(22(2)28(38)34-29(3,4)5)27(37)20-36(41(39,40)26-12-7-6-8-13-26)25-11-9-10-24(18-25)30(31,32)33/h6-18,22H,19-20H2,1-5H3,(H,34,38). The van der Waals surface area contributed by atoms with Crippen molar-refractivity contribution in [2.45, 2.75) is 63.8 Å². The number of carbonyl (C=O) groups excluding carboxylic acids is 2. The lowest BCUT2D eigenvalue weighted by Gasteiger charge is -2.33. The maximum atomic E-state index is 13.9. The Morgan fingerprint density at radius 3 is 2.07 bits per heavy atom. The summed E-state index contributed by atoms with van der Waals surface area (Å²) < 4.78 is 68.8. The van der Waals surface area contributed by atoms with Crippen molar-refractivity contribution in [2.75, 3.05) is 10.8 Å². The molecule has 0 aliphatic rings. The molecule has 7 nitrogen and oxygen atoms in total. The molecule has 0 saturated carbocycles. The Kier molecular flexibility index (Phi) is 9.53. The maximum absolute atomic E-state index is 13.9. The Morgan fingerprint density at radius 1 is 0.902 bits per heavy atom. The molecule has 3 aromatic carbocycles. The number of benzene rings is 3. The molecular formula is C30H34F3N3O4S. The third-order valence-electron chi connectivity index (χ3n) is 6.21. The fraction of sp³-hybridized carbons (Fsp3) is 0.333. The van der Waals surface area contributed by atoms with Gasteiger partial charge in [0.25, 0.3) is 10.0 Å². The van der Waals surface area contributed by atoms with Gasteiger partial charge in [0.2, 0.25) is 11.8 Å².